The van der Waals surface area contributed by atoms with Crippen LogP contribution in [0.5, 0.6) is 0 Å². The summed E-state index contributed by atoms with van der Waals surface area (Å²) in [6.07, 6.45) is 0. The summed E-state index contributed by atoms with van der Waals surface area (Å²) in [5, 5.41) is 2.93. The number of nitrogens with zero attached hydrogens (tertiary/aromatic N) is 2. The molecule has 0 unspecified atom stereocenters. The quantitative estimate of drug-likeness (QED) is 0.793. The molecular formula is C23H31N3O3S. The van der Waals surface area contributed by atoms with Crippen molar-refractivity contribution in [2.75, 3.05) is 38.0 Å². The molecule has 0 aliphatic carbocycles. The lowest BCUT2D eigenvalue weighted by Crippen LogP contribution is -2.50. The van der Waals surface area contributed by atoms with Crippen LogP contribution in [-0.4, -0.2) is 56.3 Å². The number of amides is 1. The van der Waals surface area contributed by atoms with Crippen LogP contribution in [0.4, 0.5) is 5.69 Å². The Bertz CT molecular complexity index is 1030. The molecule has 1 fully saturated rings. The van der Waals surface area contributed by atoms with Gasteiger partial charge in [-0.05, 0) is 69.0 Å². The molecule has 1 amide bonds. The zero-order valence-electron chi connectivity index (χ0n) is 18.4. The number of hydrogen-bond donors (Lipinski definition) is 1. The van der Waals surface area contributed by atoms with E-state index in [1.807, 2.05) is 69.9 Å². The molecule has 0 atom stereocenters. The van der Waals surface area contributed by atoms with Gasteiger partial charge in [-0.25, -0.2) is 8.42 Å². The molecule has 162 valence electrons. The Morgan fingerprint density at radius 3 is 2.03 bits per heavy atom. The van der Waals surface area contributed by atoms with Gasteiger partial charge in [0.25, 0.3) is 0 Å². The number of benzene rings is 2. The minimum atomic E-state index is -3.54. The average molecular weight is 430 g/mol. The number of sulfonamides is 1. The van der Waals surface area contributed by atoms with Crippen LogP contribution < -0.4 is 5.32 Å². The van der Waals surface area contributed by atoms with E-state index in [1.165, 1.54) is 9.87 Å². The van der Waals surface area contributed by atoms with Crippen molar-refractivity contribution in [3.8, 4) is 0 Å². The van der Waals surface area contributed by atoms with Crippen molar-refractivity contribution in [1.29, 1.82) is 0 Å². The molecule has 1 saturated heterocycles. The SMILES string of the molecule is Cc1cc(C)c(S(=O)(=O)N2CCN(CC(=O)Nc3ccc(C)c(C)c3)CC2)c(C)c1. The molecular weight excluding hydrogens is 398 g/mol. The summed E-state index contributed by atoms with van der Waals surface area (Å²) in [5.41, 5.74) is 5.72. The fraction of sp³-hybridized carbons (Fsp3) is 0.435. The maximum Gasteiger partial charge on any atom is 0.243 e. The number of aryl methyl sites for hydroxylation is 5. The number of rotatable bonds is 5. The van der Waals surface area contributed by atoms with Gasteiger partial charge in [0.05, 0.1) is 11.4 Å². The predicted octanol–water partition coefficient (Wildman–Crippen LogP) is 3.17. The number of piperazine rings is 1. The minimum absolute atomic E-state index is 0.0835. The van der Waals surface area contributed by atoms with Crippen LogP contribution in [0.3, 0.4) is 0 Å². The third kappa shape index (κ3) is 4.91. The highest BCUT2D eigenvalue weighted by Gasteiger charge is 2.31. The molecule has 1 aliphatic rings. The number of hydrogen-bond acceptors (Lipinski definition) is 4. The molecule has 1 N–H and O–H groups in total. The van der Waals surface area contributed by atoms with Gasteiger partial charge >= 0.3 is 0 Å². The van der Waals surface area contributed by atoms with Crippen molar-refractivity contribution in [1.82, 2.24) is 9.21 Å². The molecule has 1 aliphatic heterocycles. The molecule has 2 aromatic rings. The zero-order chi connectivity index (χ0) is 22.1. The third-order valence-corrected chi connectivity index (χ3v) is 7.90. The fourth-order valence-corrected chi connectivity index (χ4v) is 5.89. The second kappa shape index (κ2) is 8.88. The molecule has 0 aromatic heterocycles. The van der Waals surface area contributed by atoms with Crippen molar-refractivity contribution in [3.05, 3.63) is 58.1 Å². The summed E-state index contributed by atoms with van der Waals surface area (Å²) in [6.45, 7) is 11.8. The van der Waals surface area contributed by atoms with Crippen LogP contribution in [0.15, 0.2) is 35.2 Å². The third-order valence-electron chi connectivity index (χ3n) is 5.69. The average Bonchev–Trinajstić information content (AvgIpc) is 2.64. The zero-order valence-corrected chi connectivity index (χ0v) is 19.3. The van der Waals surface area contributed by atoms with Crippen molar-refractivity contribution in [2.24, 2.45) is 0 Å². The van der Waals surface area contributed by atoms with Gasteiger partial charge in [0.2, 0.25) is 15.9 Å². The first-order chi connectivity index (χ1) is 14.1. The van der Waals surface area contributed by atoms with Crippen LogP contribution in [0.25, 0.3) is 0 Å². The normalized spacial score (nSPS) is 15.9. The van der Waals surface area contributed by atoms with Crippen LogP contribution in [0.1, 0.15) is 27.8 Å². The molecule has 3 rings (SSSR count). The Labute approximate surface area is 179 Å². The van der Waals surface area contributed by atoms with Gasteiger partial charge in [-0.2, -0.15) is 4.31 Å². The maximum absolute atomic E-state index is 13.2. The van der Waals surface area contributed by atoms with Gasteiger partial charge in [0.15, 0.2) is 0 Å². The van der Waals surface area contributed by atoms with Gasteiger partial charge in [-0.3, -0.25) is 9.69 Å². The van der Waals surface area contributed by atoms with E-state index in [0.29, 0.717) is 31.1 Å². The van der Waals surface area contributed by atoms with E-state index in [-0.39, 0.29) is 12.5 Å². The second-order valence-electron chi connectivity index (χ2n) is 8.26. The Hall–Kier alpha value is -2.22. The van der Waals surface area contributed by atoms with E-state index < -0.39 is 10.0 Å². The Kier molecular flexibility index (Phi) is 6.65. The first-order valence-corrected chi connectivity index (χ1v) is 11.7. The molecule has 6 nitrogen and oxygen atoms in total. The first-order valence-electron chi connectivity index (χ1n) is 10.3. The smallest absolute Gasteiger partial charge is 0.243 e. The molecule has 7 heteroatoms. The number of carbonyl (C=O) groups is 1. The van der Waals surface area contributed by atoms with E-state index >= 15 is 0 Å². The molecule has 1 heterocycles. The van der Waals surface area contributed by atoms with E-state index in [4.69, 9.17) is 0 Å². The molecule has 0 bridgehead atoms. The fourth-order valence-electron chi connectivity index (χ4n) is 4.05. The molecule has 2 aromatic carbocycles. The van der Waals surface area contributed by atoms with Gasteiger partial charge in [-0.1, -0.05) is 23.8 Å². The highest BCUT2D eigenvalue weighted by molar-refractivity contribution is 7.89. The van der Waals surface area contributed by atoms with E-state index in [2.05, 4.69) is 5.32 Å². The number of anilines is 1. The summed E-state index contributed by atoms with van der Waals surface area (Å²) in [6, 6.07) is 9.67. The lowest BCUT2D eigenvalue weighted by Gasteiger charge is -2.34. The van der Waals surface area contributed by atoms with Crippen LogP contribution in [0, 0.1) is 34.6 Å². The van der Waals surface area contributed by atoms with E-state index in [9.17, 15) is 13.2 Å². The summed E-state index contributed by atoms with van der Waals surface area (Å²) in [5.74, 6) is -0.0835. The number of nitrogens with one attached hydrogen (secondary N) is 1. The van der Waals surface area contributed by atoms with Crippen molar-refractivity contribution < 1.29 is 13.2 Å². The van der Waals surface area contributed by atoms with Gasteiger partial charge in [-0.15, -0.1) is 0 Å². The lowest BCUT2D eigenvalue weighted by molar-refractivity contribution is -0.117. The highest BCUT2D eigenvalue weighted by atomic mass is 32.2. The summed E-state index contributed by atoms with van der Waals surface area (Å²) >= 11 is 0. The second-order valence-corrected chi connectivity index (χ2v) is 10.1. The largest absolute Gasteiger partial charge is 0.325 e. The standard InChI is InChI=1S/C23H31N3O3S/c1-16-12-19(4)23(20(5)13-16)30(28,29)26-10-8-25(9-11-26)15-22(27)24-21-7-6-17(2)18(3)14-21/h6-7,12-14H,8-11,15H2,1-5H3,(H,24,27). The van der Waals surface area contributed by atoms with Gasteiger partial charge in [0.1, 0.15) is 0 Å². The Morgan fingerprint density at radius 1 is 0.867 bits per heavy atom. The molecule has 0 radical (unpaired) electrons. The molecule has 0 saturated carbocycles. The lowest BCUT2D eigenvalue weighted by atomic mass is 10.1. The monoisotopic (exact) mass is 429 g/mol. The van der Waals surface area contributed by atoms with Crippen LogP contribution in [-0.2, 0) is 14.8 Å². The van der Waals surface area contributed by atoms with E-state index in [0.717, 1.165) is 27.9 Å². The summed E-state index contributed by atoms with van der Waals surface area (Å²) in [7, 11) is -3.54. The van der Waals surface area contributed by atoms with Crippen molar-refractivity contribution >= 4 is 21.6 Å². The Morgan fingerprint density at radius 2 is 1.47 bits per heavy atom. The van der Waals surface area contributed by atoms with Crippen molar-refractivity contribution in [3.63, 3.8) is 0 Å². The molecule has 0 spiro atoms. The maximum atomic E-state index is 13.2. The van der Waals surface area contributed by atoms with Crippen molar-refractivity contribution in [2.45, 2.75) is 39.5 Å². The minimum Gasteiger partial charge on any atom is -0.325 e. The first kappa shape index (κ1) is 22.5. The topological polar surface area (TPSA) is 69.7 Å². The van der Waals surface area contributed by atoms with Crippen LogP contribution in [0.2, 0.25) is 0 Å². The summed E-state index contributed by atoms with van der Waals surface area (Å²) in [4.78, 5) is 14.8. The Balaban J connectivity index is 1.60. The molecule has 30 heavy (non-hydrogen) atoms. The van der Waals surface area contributed by atoms with E-state index in [1.54, 1.807) is 0 Å². The van der Waals surface area contributed by atoms with Gasteiger partial charge < -0.3 is 5.32 Å². The van der Waals surface area contributed by atoms with Crippen LogP contribution >= 0.6 is 0 Å². The highest BCUT2D eigenvalue weighted by Crippen LogP contribution is 2.26. The van der Waals surface area contributed by atoms with Gasteiger partial charge in [0, 0.05) is 31.9 Å². The predicted molar refractivity (Wildman–Crippen MR) is 120 cm³/mol. The number of carbonyl (C=O) groups excluding carboxylic acids is 1. The summed E-state index contributed by atoms with van der Waals surface area (Å²) < 4.78 is 27.9.